The molecule has 1 heterocycles. The van der Waals surface area contributed by atoms with Crippen LogP contribution < -0.4 is 15.4 Å². The van der Waals surface area contributed by atoms with Gasteiger partial charge in [0.15, 0.2) is 0 Å². The van der Waals surface area contributed by atoms with E-state index in [0.717, 1.165) is 11.4 Å². The second kappa shape index (κ2) is 9.02. The lowest BCUT2D eigenvalue weighted by molar-refractivity contribution is -0.116. The molecule has 0 radical (unpaired) electrons. The third kappa shape index (κ3) is 5.58. The molecule has 0 fully saturated rings. The number of nitrogens with zero attached hydrogens (tertiary/aromatic N) is 2. The monoisotopic (exact) mass is 358 g/mol. The molecule has 0 saturated carbocycles. The lowest BCUT2D eigenvalue weighted by Gasteiger charge is -2.09. The van der Waals surface area contributed by atoms with Crippen molar-refractivity contribution in [1.82, 2.24) is 4.98 Å². The maximum Gasteiger partial charge on any atom is 0.227 e. The number of carbonyl (C=O) groups excluding carboxylic acids is 1. The highest BCUT2D eigenvalue weighted by Crippen LogP contribution is 2.17. The van der Waals surface area contributed by atoms with E-state index in [9.17, 15) is 4.79 Å². The molecule has 134 valence electrons. The van der Waals surface area contributed by atoms with Crippen molar-refractivity contribution >= 4 is 23.1 Å². The first kappa shape index (κ1) is 18.0. The topological polar surface area (TPSA) is 87.0 Å². The van der Waals surface area contributed by atoms with Gasteiger partial charge in [-0.3, -0.25) is 4.79 Å². The van der Waals surface area contributed by atoms with Gasteiger partial charge in [0.05, 0.1) is 36.5 Å². The molecule has 6 heteroatoms. The normalized spacial score (nSPS) is 9.89. The maximum absolute atomic E-state index is 12.0. The van der Waals surface area contributed by atoms with Crippen molar-refractivity contribution in [3.05, 3.63) is 78.5 Å². The molecule has 0 spiro atoms. The molecule has 2 aromatic carbocycles. The zero-order valence-corrected chi connectivity index (χ0v) is 14.6. The number of hydrogen-bond donors (Lipinski definition) is 2. The summed E-state index contributed by atoms with van der Waals surface area (Å²) < 4.78 is 5.51. The van der Waals surface area contributed by atoms with Crippen molar-refractivity contribution < 1.29 is 9.53 Å². The lowest BCUT2D eigenvalue weighted by Crippen LogP contribution is -2.15. The summed E-state index contributed by atoms with van der Waals surface area (Å²) in [6.07, 6.45) is 1.84. The van der Waals surface area contributed by atoms with E-state index in [2.05, 4.69) is 21.7 Å². The quantitative estimate of drug-likeness (QED) is 0.664. The van der Waals surface area contributed by atoms with E-state index in [4.69, 9.17) is 10.00 Å². The van der Waals surface area contributed by atoms with Crippen molar-refractivity contribution in [2.45, 2.75) is 6.42 Å². The number of hydrogen-bond acceptors (Lipinski definition) is 5. The Morgan fingerprint density at radius 2 is 1.74 bits per heavy atom. The van der Waals surface area contributed by atoms with Crippen LogP contribution in [0.3, 0.4) is 0 Å². The molecule has 1 amide bonds. The number of anilines is 3. The van der Waals surface area contributed by atoms with Gasteiger partial charge in [-0.05, 0) is 48.5 Å². The molecular weight excluding hydrogens is 340 g/mol. The van der Waals surface area contributed by atoms with Gasteiger partial charge in [-0.25, -0.2) is 4.98 Å². The van der Waals surface area contributed by atoms with Crippen molar-refractivity contribution in [3.63, 3.8) is 0 Å². The Balaban J connectivity index is 1.46. The van der Waals surface area contributed by atoms with Crippen molar-refractivity contribution in [2.24, 2.45) is 0 Å². The summed E-state index contributed by atoms with van der Waals surface area (Å²) >= 11 is 0. The van der Waals surface area contributed by atoms with E-state index in [1.807, 2.05) is 42.5 Å². The van der Waals surface area contributed by atoms with Gasteiger partial charge in [0.2, 0.25) is 5.91 Å². The fourth-order valence-electron chi connectivity index (χ4n) is 2.32. The molecule has 0 unspecified atom stereocenters. The number of para-hydroxylation sites is 1. The van der Waals surface area contributed by atoms with Crippen molar-refractivity contribution in [2.75, 3.05) is 17.2 Å². The summed E-state index contributed by atoms with van der Waals surface area (Å²) in [5.41, 5.74) is 2.05. The van der Waals surface area contributed by atoms with Crippen molar-refractivity contribution in [3.8, 4) is 11.8 Å². The van der Waals surface area contributed by atoms with Gasteiger partial charge >= 0.3 is 0 Å². The number of ether oxygens (including phenoxy) is 1. The molecule has 6 nitrogen and oxygen atoms in total. The lowest BCUT2D eigenvalue weighted by atomic mass is 10.2. The molecule has 0 saturated heterocycles. The Morgan fingerprint density at radius 1 is 1.00 bits per heavy atom. The molecule has 0 aliphatic heterocycles. The first-order valence-corrected chi connectivity index (χ1v) is 8.44. The van der Waals surface area contributed by atoms with Crippen LogP contribution in [0.25, 0.3) is 0 Å². The summed E-state index contributed by atoms with van der Waals surface area (Å²) in [5.74, 6) is 1.25. The smallest absolute Gasteiger partial charge is 0.227 e. The average Bonchev–Trinajstić information content (AvgIpc) is 2.71. The minimum absolute atomic E-state index is 0.138. The van der Waals surface area contributed by atoms with Crippen molar-refractivity contribution in [1.29, 1.82) is 5.26 Å². The SMILES string of the molecule is N#Cc1ccc(Nc2ccc(NC(=O)CCOc3ccccc3)cn2)cc1. The van der Waals surface area contributed by atoms with E-state index in [0.29, 0.717) is 23.7 Å². The van der Waals surface area contributed by atoms with Crippen LogP contribution >= 0.6 is 0 Å². The van der Waals surface area contributed by atoms with Gasteiger partial charge in [0, 0.05) is 5.69 Å². The number of rotatable bonds is 7. The number of nitriles is 1. The predicted octanol–water partition coefficient (Wildman–Crippen LogP) is 4.10. The molecule has 1 aromatic heterocycles. The highest BCUT2D eigenvalue weighted by molar-refractivity contribution is 5.90. The van der Waals surface area contributed by atoms with Crippen LogP contribution in [0, 0.1) is 11.3 Å². The van der Waals surface area contributed by atoms with Crippen LogP contribution in [0.15, 0.2) is 72.9 Å². The zero-order chi connectivity index (χ0) is 18.9. The van der Waals surface area contributed by atoms with Gasteiger partial charge < -0.3 is 15.4 Å². The molecule has 0 aliphatic carbocycles. The molecule has 0 atom stereocenters. The van der Waals surface area contributed by atoms with E-state index in [1.165, 1.54) is 0 Å². The Bertz CT molecular complexity index is 917. The molecule has 0 bridgehead atoms. The predicted molar refractivity (Wildman–Crippen MR) is 104 cm³/mol. The summed E-state index contributed by atoms with van der Waals surface area (Å²) in [6, 6.07) is 22.1. The maximum atomic E-state index is 12.0. The standard InChI is InChI=1S/C21H18N4O2/c22-14-16-6-8-17(9-7-16)24-20-11-10-18(15-23-20)25-21(26)12-13-27-19-4-2-1-3-5-19/h1-11,15H,12-13H2,(H,23,24)(H,25,26). The summed E-state index contributed by atoms with van der Waals surface area (Å²) in [4.78, 5) is 16.3. The van der Waals surface area contributed by atoms with Crippen LogP contribution in [-0.4, -0.2) is 17.5 Å². The summed E-state index contributed by atoms with van der Waals surface area (Å²) in [7, 11) is 0. The van der Waals surface area contributed by atoms with Crippen LogP contribution in [0.4, 0.5) is 17.2 Å². The van der Waals surface area contributed by atoms with Gasteiger partial charge in [-0.15, -0.1) is 0 Å². The minimum Gasteiger partial charge on any atom is -0.493 e. The van der Waals surface area contributed by atoms with E-state index in [1.54, 1.807) is 30.5 Å². The van der Waals surface area contributed by atoms with E-state index < -0.39 is 0 Å². The van der Waals surface area contributed by atoms with Crippen LogP contribution in [0.2, 0.25) is 0 Å². The van der Waals surface area contributed by atoms with Crippen LogP contribution in [0.1, 0.15) is 12.0 Å². The molecule has 0 aliphatic rings. The fourth-order valence-corrected chi connectivity index (χ4v) is 2.32. The van der Waals surface area contributed by atoms with Crippen LogP contribution in [0.5, 0.6) is 5.75 Å². The second-order valence-corrected chi connectivity index (χ2v) is 5.71. The van der Waals surface area contributed by atoms with Gasteiger partial charge in [-0.1, -0.05) is 18.2 Å². The summed E-state index contributed by atoms with van der Waals surface area (Å²) in [5, 5.41) is 14.7. The first-order chi connectivity index (χ1) is 13.2. The Labute approximate surface area is 157 Å². The van der Waals surface area contributed by atoms with Gasteiger partial charge in [-0.2, -0.15) is 5.26 Å². The minimum atomic E-state index is -0.138. The number of amides is 1. The second-order valence-electron chi connectivity index (χ2n) is 5.71. The number of nitrogens with one attached hydrogen (secondary N) is 2. The van der Waals surface area contributed by atoms with E-state index in [-0.39, 0.29) is 12.3 Å². The average molecular weight is 358 g/mol. The number of pyridine rings is 1. The van der Waals surface area contributed by atoms with Gasteiger partial charge in [0.25, 0.3) is 0 Å². The molecular formula is C21H18N4O2. The molecule has 2 N–H and O–H groups in total. The Kier molecular flexibility index (Phi) is 6.00. The molecule has 3 rings (SSSR count). The first-order valence-electron chi connectivity index (χ1n) is 8.44. The fraction of sp³-hybridized carbons (Fsp3) is 0.0952. The third-order valence-electron chi connectivity index (χ3n) is 3.67. The van der Waals surface area contributed by atoms with Crippen LogP contribution in [-0.2, 0) is 4.79 Å². The van der Waals surface area contributed by atoms with E-state index >= 15 is 0 Å². The number of benzene rings is 2. The molecule has 27 heavy (non-hydrogen) atoms. The Hall–Kier alpha value is -3.85. The number of aromatic nitrogens is 1. The highest BCUT2D eigenvalue weighted by Gasteiger charge is 2.04. The number of carbonyl (C=O) groups is 1. The third-order valence-corrected chi connectivity index (χ3v) is 3.67. The Morgan fingerprint density at radius 3 is 2.41 bits per heavy atom. The summed E-state index contributed by atoms with van der Waals surface area (Å²) in [6.45, 7) is 0.307. The largest absolute Gasteiger partial charge is 0.493 e. The zero-order valence-electron chi connectivity index (χ0n) is 14.6. The molecule has 3 aromatic rings. The van der Waals surface area contributed by atoms with Gasteiger partial charge in [0.1, 0.15) is 11.6 Å². The highest BCUT2D eigenvalue weighted by atomic mass is 16.5.